The molecule has 1 aromatic carbocycles. The molecule has 2 rings (SSSR count). The predicted molar refractivity (Wildman–Crippen MR) is 71.1 cm³/mol. The lowest BCUT2D eigenvalue weighted by atomic mass is 9.90. The summed E-state index contributed by atoms with van der Waals surface area (Å²) < 4.78 is 5.88. The molecule has 0 aromatic heterocycles. The highest BCUT2D eigenvalue weighted by Crippen LogP contribution is 2.25. The van der Waals surface area contributed by atoms with Crippen LogP contribution >= 0.6 is 0 Å². The van der Waals surface area contributed by atoms with Gasteiger partial charge in [-0.05, 0) is 48.9 Å². The van der Waals surface area contributed by atoms with E-state index < -0.39 is 0 Å². The molecule has 1 aromatic rings. The summed E-state index contributed by atoms with van der Waals surface area (Å²) in [6.07, 6.45) is 6.82. The average Bonchev–Trinajstić information content (AvgIpc) is 2.38. The third-order valence-corrected chi connectivity index (χ3v) is 3.74. The first-order chi connectivity index (χ1) is 8.29. The second kappa shape index (κ2) is 6.06. The molecule has 0 bridgehead atoms. The van der Waals surface area contributed by atoms with Crippen LogP contribution in [0.3, 0.4) is 0 Å². The van der Waals surface area contributed by atoms with Crippen molar-refractivity contribution in [2.45, 2.75) is 45.6 Å². The molecular formula is C15H23NO. The number of aryl methyl sites for hydroxylation is 1. The molecule has 0 unspecified atom stereocenters. The van der Waals surface area contributed by atoms with Crippen LogP contribution in [0.1, 0.15) is 43.2 Å². The van der Waals surface area contributed by atoms with Gasteiger partial charge in [0.25, 0.3) is 0 Å². The minimum Gasteiger partial charge on any atom is -0.493 e. The number of benzene rings is 1. The number of hydrogen-bond acceptors (Lipinski definition) is 2. The lowest BCUT2D eigenvalue weighted by molar-refractivity contribution is 0.208. The summed E-state index contributed by atoms with van der Waals surface area (Å²) >= 11 is 0. The lowest BCUT2D eigenvalue weighted by Crippen LogP contribution is -2.15. The molecular weight excluding hydrogens is 210 g/mol. The highest BCUT2D eigenvalue weighted by atomic mass is 16.5. The molecule has 1 fully saturated rings. The summed E-state index contributed by atoms with van der Waals surface area (Å²) in [6.45, 7) is 3.58. The Kier molecular flexibility index (Phi) is 4.43. The molecule has 0 aliphatic heterocycles. The van der Waals surface area contributed by atoms with Crippen molar-refractivity contribution in [1.82, 2.24) is 0 Å². The summed E-state index contributed by atoms with van der Waals surface area (Å²) in [5.74, 6) is 1.75. The van der Waals surface area contributed by atoms with E-state index in [4.69, 9.17) is 10.5 Å². The maximum atomic E-state index is 5.88. The second-order valence-electron chi connectivity index (χ2n) is 5.11. The Labute approximate surface area is 104 Å². The van der Waals surface area contributed by atoms with E-state index in [1.54, 1.807) is 0 Å². The molecule has 1 aliphatic rings. The lowest BCUT2D eigenvalue weighted by Gasteiger charge is -2.21. The number of nitrogens with two attached hydrogens (primary N) is 1. The van der Waals surface area contributed by atoms with Crippen molar-refractivity contribution in [1.29, 1.82) is 0 Å². The first kappa shape index (κ1) is 12.4. The van der Waals surface area contributed by atoms with Crippen LogP contribution in [-0.4, -0.2) is 6.61 Å². The predicted octanol–water partition coefficient (Wildman–Crippen LogP) is 3.41. The SMILES string of the molecule is Cc1cc(OCC2CCCCC2)ccc1CN. The van der Waals surface area contributed by atoms with E-state index >= 15 is 0 Å². The zero-order chi connectivity index (χ0) is 12.1. The summed E-state index contributed by atoms with van der Waals surface area (Å²) in [7, 11) is 0. The van der Waals surface area contributed by atoms with Crippen molar-refractivity contribution in [3.63, 3.8) is 0 Å². The summed E-state index contributed by atoms with van der Waals surface area (Å²) in [4.78, 5) is 0. The van der Waals surface area contributed by atoms with Crippen LogP contribution in [0.15, 0.2) is 18.2 Å². The topological polar surface area (TPSA) is 35.2 Å². The van der Waals surface area contributed by atoms with Crippen LogP contribution in [0.4, 0.5) is 0 Å². The van der Waals surface area contributed by atoms with E-state index in [0.29, 0.717) is 6.54 Å². The van der Waals surface area contributed by atoms with Gasteiger partial charge in [-0.1, -0.05) is 25.3 Å². The molecule has 1 aliphatic carbocycles. The van der Waals surface area contributed by atoms with Crippen LogP contribution in [0.25, 0.3) is 0 Å². The van der Waals surface area contributed by atoms with Crippen LogP contribution in [0, 0.1) is 12.8 Å². The molecule has 0 amide bonds. The van der Waals surface area contributed by atoms with Crippen LogP contribution < -0.4 is 10.5 Å². The van der Waals surface area contributed by atoms with Crippen molar-refractivity contribution in [3.8, 4) is 5.75 Å². The molecule has 0 heterocycles. The Balaban J connectivity index is 1.87. The molecule has 0 atom stereocenters. The van der Waals surface area contributed by atoms with Crippen LogP contribution in [-0.2, 0) is 6.54 Å². The van der Waals surface area contributed by atoms with Gasteiger partial charge in [0, 0.05) is 6.54 Å². The van der Waals surface area contributed by atoms with Gasteiger partial charge in [0.2, 0.25) is 0 Å². The first-order valence-electron chi connectivity index (χ1n) is 6.72. The molecule has 17 heavy (non-hydrogen) atoms. The Bertz CT molecular complexity index is 356. The van der Waals surface area contributed by atoms with Crippen molar-refractivity contribution >= 4 is 0 Å². The summed E-state index contributed by atoms with van der Waals surface area (Å²) in [5, 5.41) is 0. The van der Waals surface area contributed by atoms with Gasteiger partial charge in [-0.25, -0.2) is 0 Å². The van der Waals surface area contributed by atoms with Crippen LogP contribution in [0.2, 0.25) is 0 Å². The number of ether oxygens (including phenoxy) is 1. The van der Waals surface area contributed by atoms with Gasteiger partial charge in [-0.3, -0.25) is 0 Å². The molecule has 0 radical (unpaired) electrons. The van der Waals surface area contributed by atoms with E-state index in [9.17, 15) is 0 Å². The zero-order valence-electron chi connectivity index (χ0n) is 10.7. The Morgan fingerprint density at radius 3 is 2.65 bits per heavy atom. The van der Waals surface area contributed by atoms with Gasteiger partial charge in [-0.2, -0.15) is 0 Å². The highest BCUT2D eigenvalue weighted by molar-refractivity contribution is 5.34. The fourth-order valence-corrected chi connectivity index (χ4v) is 2.56. The third kappa shape index (κ3) is 3.47. The number of hydrogen-bond donors (Lipinski definition) is 1. The summed E-state index contributed by atoms with van der Waals surface area (Å²) in [6, 6.07) is 6.22. The molecule has 0 spiro atoms. The second-order valence-corrected chi connectivity index (χ2v) is 5.11. The monoisotopic (exact) mass is 233 g/mol. The minimum absolute atomic E-state index is 0.606. The fourth-order valence-electron chi connectivity index (χ4n) is 2.56. The Morgan fingerprint density at radius 2 is 2.00 bits per heavy atom. The minimum atomic E-state index is 0.606. The molecule has 0 saturated heterocycles. The van der Waals surface area contributed by atoms with E-state index in [2.05, 4.69) is 19.1 Å². The van der Waals surface area contributed by atoms with Crippen molar-refractivity contribution in [3.05, 3.63) is 29.3 Å². The third-order valence-electron chi connectivity index (χ3n) is 3.74. The number of rotatable bonds is 4. The molecule has 2 N–H and O–H groups in total. The van der Waals surface area contributed by atoms with Crippen molar-refractivity contribution in [2.24, 2.45) is 11.7 Å². The van der Waals surface area contributed by atoms with E-state index in [-0.39, 0.29) is 0 Å². The Morgan fingerprint density at radius 1 is 1.24 bits per heavy atom. The average molecular weight is 233 g/mol. The van der Waals surface area contributed by atoms with Crippen molar-refractivity contribution < 1.29 is 4.74 Å². The quantitative estimate of drug-likeness (QED) is 0.865. The van der Waals surface area contributed by atoms with Gasteiger partial charge in [0.1, 0.15) is 5.75 Å². The van der Waals surface area contributed by atoms with Crippen LogP contribution in [0.5, 0.6) is 5.75 Å². The largest absolute Gasteiger partial charge is 0.493 e. The molecule has 2 heteroatoms. The standard InChI is InChI=1S/C15H23NO/c1-12-9-15(8-7-14(12)10-16)17-11-13-5-3-2-4-6-13/h7-9,13H,2-6,10-11,16H2,1H3. The van der Waals surface area contributed by atoms with E-state index in [1.807, 2.05) is 6.07 Å². The van der Waals surface area contributed by atoms with Gasteiger partial charge in [-0.15, -0.1) is 0 Å². The fraction of sp³-hybridized carbons (Fsp3) is 0.600. The van der Waals surface area contributed by atoms with Gasteiger partial charge >= 0.3 is 0 Å². The zero-order valence-corrected chi connectivity index (χ0v) is 10.7. The Hall–Kier alpha value is -1.02. The smallest absolute Gasteiger partial charge is 0.119 e. The normalized spacial score (nSPS) is 17.1. The van der Waals surface area contributed by atoms with E-state index in [1.165, 1.54) is 43.2 Å². The van der Waals surface area contributed by atoms with Gasteiger partial charge in [0.15, 0.2) is 0 Å². The van der Waals surface area contributed by atoms with Crippen molar-refractivity contribution in [2.75, 3.05) is 6.61 Å². The van der Waals surface area contributed by atoms with Gasteiger partial charge < -0.3 is 10.5 Å². The van der Waals surface area contributed by atoms with E-state index in [0.717, 1.165) is 18.3 Å². The molecule has 2 nitrogen and oxygen atoms in total. The summed E-state index contributed by atoms with van der Waals surface area (Å²) in [5.41, 5.74) is 8.08. The first-order valence-corrected chi connectivity index (χ1v) is 6.72. The highest BCUT2D eigenvalue weighted by Gasteiger charge is 2.13. The molecule has 1 saturated carbocycles. The van der Waals surface area contributed by atoms with Gasteiger partial charge in [0.05, 0.1) is 6.61 Å². The maximum Gasteiger partial charge on any atom is 0.119 e. The molecule has 94 valence electrons. The maximum absolute atomic E-state index is 5.88.